The number of hydrogen-bond donors (Lipinski definition) is 1. The number of benzene rings is 1. The molecule has 1 atom stereocenters. The molecule has 2 aliphatic heterocycles. The van der Waals surface area contributed by atoms with E-state index in [1.807, 2.05) is 11.0 Å². The maximum atomic E-state index is 13.7. The van der Waals surface area contributed by atoms with E-state index in [1.54, 1.807) is 16.8 Å². The van der Waals surface area contributed by atoms with Gasteiger partial charge in [-0.3, -0.25) is 4.79 Å². The van der Waals surface area contributed by atoms with Gasteiger partial charge >= 0.3 is 0 Å². The van der Waals surface area contributed by atoms with Gasteiger partial charge in [0, 0.05) is 19.6 Å². The fourth-order valence-electron chi connectivity index (χ4n) is 4.77. The van der Waals surface area contributed by atoms with Crippen molar-refractivity contribution in [1.82, 2.24) is 19.6 Å². The summed E-state index contributed by atoms with van der Waals surface area (Å²) in [5, 5.41) is 12.6. The summed E-state index contributed by atoms with van der Waals surface area (Å²) in [6.07, 6.45) is 6.20. The van der Waals surface area contributed by atoms with E-state index in [4.69, 9.17) is 22.3 Å². The predicted octanol–water partition coefficient (Wildman–Crippen LogP) is 2.76. The highest BCUT2D eigenvalue weighted by Crippen LogP contribution is 2.37. The van der Waals surface area contributed by atoms with E-state index in [2.05, 4.69) is 21.0 Å². The molecule has 0 radical (unpaired) electrons. The third-order valence-corrected chi connectivity index (χ3v) is 6.57. The van der Waals surface area contributed by atoms with Crippen molar-refractivity contribution in [3.63, 3.8) is 0 Å². The van der Waals surface area contributed by atoms with Gasteiger partial charge in [0.2, 0.25) is 0 Å². The molecule has 10 heteroatoms. The SMILES string of the molecule is N#Cc1c(N)ncnc1N1CCCC1c1nc2cccc(Cl)c2c(=O)n1N1CCCCC1. The number of nitrogens with two attached hydrogens (primary N) is 1. The van der Waals surface area contributed by atoms with Gasteiger partial charge in [0.25, 0.3) is 5.56 Å². The van der Waals surface area contributed by atoms with Crippen LogP contribution in [-0.4, -0.2) is 39.3 Å². The molecule has 0 spiro atoms. The first-order valence-corrected chi connectivity index (χ1v) is 11.2. The molecule has 2 saturated heterocycles. The van der Waals surface area contributed by atoms with Crippen LogP contribution in [0.4, 0.5) is 11.6 Å². The van der Waals surface area contributed by atoms with Crippen LogP contribution in [0.1, 0.15) is 49.5 Å². The molecule has 5 rings (SSSR count). The van der Waals surface area contributed by atoms with Crippen LogP contribution in [0.25, 0.3) is 10.9 Å². The molecule has 2 aromatic heterocycles. The minimum Gasteiger partial charge on any atom is -0.382 e. The molecule has 2 N–H and O–H groups in total. The number of aromatic nitrogens is 4. The zero-order chi connectivity index (χ0) is 22.2. The molecule has 32 heavy (non-hydrogen) atoms. The Labute approximate surface area is 190 Å². The zero-order valence-electron chi connectivity index (χ0n) is 17.5. The number of hydrogen-bond acceptors (Lipinski definition) is 8. The summed E-state index contributed by atoms with van der Waals surface area (Å²) < 4.78 is 1.72. The second-order valence-electron chi connectivity index (χ2n) is 8.16. The summed E-state index contributed by atoms with van der Waals surface area (Å²) in [5.41, 5.74) is 6.61. The van der Waals surface area contributed by atoms with E-state index in [9.17, 15) is 10.1 Å². The van der Waals surface area contributed by atoms with Gasteiger partial charge in [-0.1, -0.05) is 17.7 Å². The van der Waals surface area contributed by atoms with Gasteiger partial charge in [-0.05, 0) is 44.2 Å². The van der Waals surface area contributed by atoms with Crippen molar-refractivity contribution >= 4 is 34.1 Å². The Morgan fingerprint density at radius 3 is 2.72 bits per heavy atom. The summed E-state index contributed by atoms with van der Waals surface area (Å²) in [6.45, 7) is 2.24. The summed E-state index contributed by atoms with van der Waals surface area (Å²) >= 11 is 6.42. The van der Waals surface area contributed by atoms with Crippen LogP contribution in [0.15, 0.2) is 29.3 Å². The molecular formula is C22H23ClN8O. The average molecular weight is 451 g/mol. The minimum atomic E-state index is -0.227. The lowest BCUT2D eigenvalue weighted by Gasteiger charge is -2.35. The normalized spacial score (nSPS) is 18.8. The molecule has 9 nitrogen and oxygen atoms in total. The zero-order valence-corrected chi connectivity index (χ0v) is 18.3. The number of rotatable bonds is 3. The van der Waals surface area contributed by atoms with Crippen molar-refractivity contribution < 1.29 is 0 Å². The van der Waals surface area contributed by atoms with E-state index >= 15 is 0 Å². The van der Waals surface area contributed by atoms with Gasteiger partial charge in [0.1, 0.15) is 23.8 Å². The van der Waals surface area contributed by atoms with Crippen LogP contribution < -0.4 is 21.2 Å². The molecule has 1 unspecified atom stereocenters. The van der Waals surface area contributed by atoms with Crippen molar-refractivity contribution in [3.8, 4) is 6.07 Å². The van der Waals surface area contributed by atoms with Gasteiger partial charge in [-0.2, -0.15) is 5.26 Å². The Balaban J connectivity index is 1.72. The van der Waals surface area contributed by atoms with Crippen LogP contribution in [0.2, 0.25) is 5.02 Å². The van der Waals surface area contributed by atoms with Crippen LogP contribution in [0.3, 0.4) is 0 Å². The third kappa shape index (κ3) is 3.31. The molecule has 4 heterocycles. The second kappa shape index (κ2) is 8.28. The van der Waals surface area contributed by atoms with Crippen LogP contribution >= 0.6 is 11.6 Å². The maximum Gasteiger partial charge on any atom is 0.281 e. The first-order valence-electron chi connectivity index (χ1n) is 10.8. The lowest BCUT2D eigenvalue weighted by atomic mass is 10.1. The van der Waals surface area contributed by atoms with E-state index in [-0.39, 0.29) is 23.0 Å². The van der Waals surface area contributed by atoms with Crippen molar-refractivity contribution in [3.05, 3.63) is 51.3 Å². The Bertz CT molecular complexity index is 1280. The molecule has 0 bridgehead atoms. The average Bonchev–Trinajstić information content (AvgIpc) is 3.29. The molecule has 3 aromatic rings. The van der Waals surface area contributed by atoms with Gasteiger partial charge in [0.15, 0.2) is 11.6 Å². The topological polar surface area (TPSA) is 117 Å². The van der Waals surface area contributed by atoms with E-state index < -0.39 is 0 Å². The standard InChI is InChI=1S/C22H23ClN8O/c23-15-6-4-7-16-18(15)22(32)31(29-9-2-1-3-10-29)21(28-16)17-8-5-11-30(17)20-14(12-24)19(25)26-13-27-20/h4,6-7,13,17H,1-3,5,8-11H2,(H2,25,26,27). The molecule has 2 aliphatic rings. The summed E-state index contributed by atoms with van der Waals surface area (Å²) in [7, 11) is 0. The molecule has 0 aliphatic carbocycles. The fraction of sp³-hybridized carbons (Fsp3) is 0.409. The van der Waals surface area contributed by atoms with E-state index in [0.29, 0.717) is 34.1 Å². The van der Waals surface area contributed by atoms with Crippen molar-refractivity contribution in [1.29, 1.82) is 5.26 Å². The number of piperidine rings is 1. The largest absolute Gasteiger partial charge is 0.382 e. The highest BCUT2D eigenvalue weighted by Gasteiger charge is 2.35. The Morgan fingerprint density at radius 2 is 1.94 bits per heavy atom. The second-order valence-corrected chi connectivity index (χ2v) is 8.56. The Hall–Kier alpha value is -3.38. The molecule has 1 aromatic carbocycles. The number of nitrogen functional groups attached to an aromatic ring is 1. The maximum absolute atomic E-state index is 13.7. The monoisotopic (exact) mass is 450 g/mol. The first-order chi connectivity index (χ1) is 15.6. The predicted molar refractivity (Wildman–Crippen MR) is 123 cm³/mol. The lowest BCUT2D eigenvalue weighted by molar-refractivity contribution is 0.442. The van der Waals surface area contributed by atoms with Crippen LogP contribution in [-0.2, 0) is 0 Å². The van der Waals surface area contributed by atoms with Gasteiger partial charge in [0.05, 0.1) is 22.0 Å². The van der Waals surface area contributed by atoms with Crippen molar-refractivity contribution in [2.75, 3.05) is 35.3 Å². The van der Waals surface area contributed by atoms with Gasteiger partial charge in [-0.15, -0.1) is 0 Å². The quantitative estimate of drug-likeness (QED) is 0.647. The molecule has 0 amide bonds. The third-order valence-electron chi connectivity index (χ3n) is 6.26. The Kier molecular flexibility index (Phi) is 5.31. The van der Waals surface area contributed by atoms with E-state index in [0.717, 1.165) is 45.2 Å². The molecule has 2 fully saturated rings. The molecular weight excluding hydrogens is 428 g/mol. The van der Waals surface area contributed by atoms with E-state index in [1.165, 1.54) is 6.33 Å². The summed E-state index contributed by atoms with van der Waals surface area (Å²) in [6, 6.07) is 7.24. The van der Waals surface area contributed by atoms with Crippen LogP contribution in [0, 0.1) is 11.3 Å². The lowest BCUT2D eigenvalue weighted by Crippen LogP contribution is -2.48. The highest BCUT2D eigenvalue weighted by molar-refractivity contribution is 6.35. The van der Waals surface area contributed by atoms with Crippen molar-refractivity contribution in [2.24, 2.45) is 0 Å². The molecule has 0 saturated carbocycles. The summed E-state index contributed by atoms with van der Waals surface area (Å²) in [5.74, 6) is 1.27. The number of anilines is 2. The van der Waals surface area contributed by atoms with Gasteiger partial charge in [-0.25, -0.2) is 19.6 Å². The number of fused-ring (bicyclic) bond motifs is 1. The Morgan fingerprint density at radius 1 is 1.12 bits per heavy atom. The smallest absolute Gasteiger partial charge is 0.281 e. The number of halogens is 1. The number of nitriles is 1. The molecule has 164 valence electrons. The van der Waals surface area contributed by atoms with Gasteiger partial charge < -0.3 is 15.6 Å². The minimum absolute atomic E-state index is 0.148. The van der Waals surface area contributed by atoms with Crippen LogP contribution in [0.5, 0.6) is 0 Å². The van der Waals surface area contributed by atoms with Crippen molar-refractivity contribution in [2.45, 2.75) is 38.1 Å². The highest BCUT2D eigenvalue weighted by atomic mass is 35.5. The summed E-state index contributed by atoms with van der Waals surface area (Å²) in [4.78, 5) is 29.0. The first kappa shape index (κ1) is 20.5. The number of nitrogens with zero attached hydrogens (tertiary/aromatic N) is 7. The fourth-order valence-corrected chi connectivity index (χ4v) is 5.02.